The fraction of sp³-hybridized carbons (Fsp3) is 0.458. The van der Waals surface area contributed by atoms with Gasteiger partial charge >= 0.3 is 0 Å². The standard InChI is InChI=1S/C24H29FN4O/c1-17-8-10-26-23-21(30-3)6-7-22-24(17,23)9-11-29(22)18-4-5-20(19(25)16-18)28-14-12-27(2)13-15-28/h4-8,10,16-17H,9,11-15H2,1-3H3. The van der Waals surface area contributed by atoms with Crippen LogP contribution in [0.1, 0.15) is 13.3 Å². The maximum atomic E-state index is 15.2. The third kappa shape index (κ3) is 2.81. The number of benzene rings is 1. The molecule has 30 heavy (non-hydrogen) atoms. The highest BCUT2D eigenvalue weighted by Gasteiger charge is 2.53. The quantitative estimate of drug-likeness (QED) is 0.761. The maximum absolute atomic E-state index is 15.2. The number of nitrogens with zero attached hydrogens (tertiary/aromatic N) is 4. The van der Waals surface area contributed by atoms with Gasteiger partial charge < -0.3 is 19.4 Å². The SMILES string of the molecule is COC1=CC=C2N(c3ccc(N4CCN(C)CC4)c(F)c3)CCC23C1=NC=CC3C. The molecule has 6 heteroatoms. The number of anilines is 2. The molecular formula is C24H29FN4O. The van der Waals surface area contributed by atoms with Gasteiger partial charge in [0.1, 0.15) is 11.6 Å². The van der Waals surface area contributed by atoms with E-state index >= 15 is 4.39 Å². The molecule has 0 N–H and O–H groups in total. The predicted molar refractivity (Wildman–Crippen MR) is 119 cm³/mol. The third-order valence-electron chi connectivity index (χ3n) is 7.19. The van der Waals surface area contributed by atoms with E-state index < -0.39 is 0 Å². The van der Waals surface area contributed by atoms with Crippen LogP contribution < -0.4 is 9.80 Å². The van der Waals surface area contributed by atoms with Crippen LogP contribution in [0.2, 0.25) is 0 Å². The van der Waals surface area contributed by atoms with Crippen molar-refractivity contribution in [2.24, 2.45) is 16.3 Å². The second-order valence-electron chi connectivity index (χ2n) is 8.69. The molecule has 3 aliphatic heterocycles. The summed E-state index contributed by atoms with van der Waals surface area (Å²) in [6.07, 6.45) is 9.11. The van der Waals surface area contributed by atoms with Crippen LogP contribution in [0.5, 0.6) is 0 Å². The molecule has 1 spiro atoms. The summed E-state index contributed by atoms with van der Waals surface area (Å²) in [6.45, 7) is 6.71. The Kier molecular flexibility index (Phi) is 4.69. The fourth-order valence-electron chi connectivity index (χ4n) is 5.38. The average molecular weight is 409 g/mol. The molecule has 4 aliphatic rings. The summed E-state index contributed by atoms with van der Waals surface area (Å²) in [4.78, 5) is 11.4. The van der Waals surface area contributed by atoms with Crippen LogP contribution in [-0.2, 0) is 4.74 Å². The first-order chi connectivity index (χ1) is 14.5. The smallest absolute Gasteiger partial charge is 0.148 e. The van der Waals surface area contributed by atoms with Crippen molar-refractivity contribution in [1.82, 2.24) is 4.90 Å². The van der Waals surface area contributed by atoms with Crippen molar-refractivity contribution in [3.63, 3.8) is 0 Å². The highest BCUT2D eigenvalue weighted by atomic mass is 19.1. The first-order valence-corrected chi connectivity index (χ1v) is 10.8. The van der Waals surface area contributed by atoms with E-state index in [1.165, 1.54) is 5.70 Å². The van der Waals surface area contributed by atoms with E-state index in [1.54, 1.807) is 13.2 Å². The Hall–Kier alpha value is -2.60. The van der Waals surface area contributed by atoms with Crippen molar-refractivity contribution in [3.05, 3.63) is 59.9 Å². The minimum atomic E-state index is -0.207. The molecule has 2 fully saturated rings. The lowest BCUT2D eigenvalue weighted by atomic mass is 9.66. The number of ether oxygens (including phenoxy) is 1. The highest BCUT2D eigenvalue weighted by molar-refractivity contribution is 6.08. The van der Waals surface area contributed by atoms with Gasteiger partial charge in [0.05, 0.1) is 23.9 Å². The largest absolute Gasteiger partial charge is 0.495 e. The molecule has 5 nitrogen and oxygen atoms in total. The molecule has 0 bridgehead atoms. The van der Waals surface area contributed by atoms with Gasteiger partial charge in [0.25, 0.3) is 0 Å². The molecule has 3 heterocycles. The van der Waals surface area contributed by atoms with E-state index in [-0.39, 0.29) is 11.2 Å². The molecular weight excluding hydrogens is 379 g/mol. The van der Waals surface area contributed by atoms with Gasteiger partial charge in [0.2, 0.25) is 0 Å². The zero-order valence-corrected chi connectivity index (χ0v) is 17.9. The lowest BCUT2D eigenvalue weighted by Gasteiger charge is -2.41. The van der Waals surface area contributed by atoms with Gasteiger partial charge in [-0.2, -0.15) is 0 Å². The minimum absolute atomic E-state index is 0.145. The van der Waals surface area contributed by atoms with E-state index in [1.807, 2.05) is 18.3 Å². The summed E-state index contributed by atoms with van der Waals surface area (Å²) in [5.74, 6) is 0.982. The van der Waals surface area contributed by atoms with Crippen LogP contribution >= 0.6 is 0 Å². The number of piperazine rings is 1. The summed E-state index contributed by atoms with van der Waals surface area (Å²) in [5.41, 5.74) is 3.58. The Balaban J connectivity index is 1.48. The van der Waals surface area contributed by atoms with E-state index in [9.17, 15) is 0 Å². The van der Waals surface area contributed by atoms with Crippen LogP contribution in [-0.4, -0.2) is 57.5 Å². The Bertz CT molecular complexity index is 973. The van der Waals surface area contributed by atoms with Crippen molar-refractivity contribution in [1.29, 1.82) is 0 Å². The van der Waals surface area contributed by atoms with E-state index in [2.05, 4.69) is 46.9 Å². The van der Waals surface area contributed by atoms with Crippen molar-refractivity contribution in [3.8, 4) is 0 Å². The number of likely N-dealkylation sites (N-methyl/N-ethyl adjacent to an activating group) is 1. The van der Waals surface area contributed by atoms with Crippen LogP contribution in [0.25, 0.3) is 0 Å². The number of aliphatic imine (C=N–C) groups is 1. The third-order valence-corrected chi connectivity index (χ3v) is 7.19. The van der Waals surface area contributed by atoms with E-state index in [4.69, 9.17) is 9.73 Å². The molecule has 0 amide bonds. The van der Waals surface area contributed by atoms with Crippen molar-refractivity contribution >= 4 is 17.1 Å². The zero-order chi connectivity index (χ0) is 20.9. The molecule has 0 aromatic heterocycles. The monoisotopic (exact) mass is 408 g/mol. The second-order valence-corrected chi connectivity index (χ2v) is 8.69. The molecule has 1 aromatic carbocycles. The molecule has 1 aliphatic carbocycles. The Morgan fingerprint density at radius 3 is 2.67 bits per heavy atom. The lowest BCUT2D eigenvalue weighted by Crippen LogP contribution is -2.44. The summed E-state index contributed by atoms with van der Waals surface area (Å²) in [6, 6.07) is 5.70. The van der Waals surface area contributed by atoms with Crippen molar-refractivity contribution in [2.75, 3.05) is 56.7 Å². The summed E-state index contributed by atoms with van der Waals surface area (Å²) in [5, 5.41) is 0. The number of rotatable bonds is 3. The zero-order valence-electron chi connectivity index (χ0n) is 17.9. The van der Waals surface area contributed by atoms with Crippen molar-refractivity contribution < 1.29 is 9.13 Å². The molecule has 0 saturated carbocycles. The van der Waals surface area contributed by atoms with Gasteiger partial charge in [-0.25, -0.2) is 4.39 Å². The van der Waals surface area contributed by atoms with Crippen LogP contribution in [0.4, 0.5) is 15.8 Å². The number of hydrogen-bond donors (Lipinski definition) is 0. The molecule has 2 saturated heterocycles. The molecule has 1 aromatic rings. The van der Waals surface area contributed by atoms with Crippen LogP contribution in [0.15, 0.2) is 59.1 Å². The highest BCUT2D eigenvalue weighted by Crippen LogP contribution is 2.53. The molecule has 158 valence electrons. The van der Waals surface area contributed by atoms with Gasteiger partial charge in [-0.05, 0) is 49.7 Å². The van der Waals surface area contributed by atoms with Gasteiger partial charge in [0.15, 0.2) is 0 Å². The van der Waals surface area contributed by atoms with Gasteiger partial charge in [-0.3, -0.25) is 4.99 Å². The molecule has 2 unspecified atom stereocenters. The van der Waals surface area contributed by atoms with Crippen molar-refractivity contribution in [2.45, 2.75) is 13.3 Å². The number of methoxy groups -OCH3 is 1. The number of allylic oxidation sites excluding steroid dienone is 5. The average Bonchev–Trinajstić information content (AvgIpc) is 3.14. The van der Waals surface area contributed by atoms with Gasteiger partial charge in [-0.15, -0.1) is 0 Å². The minimum Gasteiger partial charge on any atom is -0.495 e. The Labute approximate surface area is 177 Å². The molecule has 5 rings (SSSR count). The Morgan fingerprint density at radius 2 is 1.93 bits per heavy atom. The summed E-state index contributed by atoms with van der Waals surface area (Å²) >= 11 is 0. The van der Waals surface area contributed by atoms with Crippen LogP contribution in [0.3, 0.4) is 0 Å². The number of halogens is 1. The molecule has 2 atom stereocenters. The van der Waals surface area contributed by atoms with Crippen LogP contribution in [0, 0.1) is 17.2 Å². The van der Waals surface area contributed by atoms with E-state index in [0.717, 1.165) is 56.3 Å². The van der Waals surface area contributed by atoms with Gasteiger partial charge in [0, 0.05) is 50.3 Å². The molecule has 0 radical (unpaired) electrons. The first-order valence-electron chi connectivity index (χ1n) is 10.8. The second kappa shape index (κ2) is 7.27. The van der Waals surface area contributed by atoms with Gasteiger partial charge in [-0.1, -0.05) is 13.0 Å². The fourth-order valence-corrected chi connectivity index (χ4v) is 5.38. The summed E-state index contributed by atoms with van der Waals surface area (Å²) < 4.78 is 20.8. The Morgan fingerprint density at radius 1 is 1.13 bits per heavy atom. The first kappa shape index (κ1) is 19.4. The lowest BCUT2D eigenvalue weighted by molar-refractivity contribution is 0.294. The predicted octanol–water partition coefficient (Wildman–Crippen LogP) is 3.81. The maximum Gasteiger partial charge on any atom is 0.148 e. The van der Waals surface area contributed by atoms with E-state index in [0.29, 0.717) is 11.6 Å². The number of hydrogen-bond acceptors (Lipinski definition) is 5. The topological polar surface area (TPSA) is 31.3 Å². The normalized spacial score (nSPS) is 28.5. The summed E-state index contributed by atoms with van der Waals surface area (Å²) in [7, 11) is 3.81.